The Labute approximate surface area is 172 Å². The Balaban J connectivity index is 1.61. The molecule has 8 nitrogen and oxygen atoms in total. The first-order chi connectivity index (χ1) is 13.8. The van der Waals surface area contributed by atoms with E-state index in [1.54, 1.807) is 18.2 Å². The summed E-state index contributed by atoms with van der Waals surface area (Å²) in [5.74, 6) is -0.264. The average molecular weight is 421 g/mol. The maximum atomic E-state index is 13.2. The number of likely N-dealkylation sites (N-methyl/N-ethyl adjacent to an activating group) is 1. The molecule has 0 aliphatic carbocycles. The van der Waals surface area contributed by atoms with Gasteiger partial charge in [-0.2, -0.15) is 4.31 Å². The van der Waals surface area contributed by atoms with Gasteiger partial charge in [0.05, 0.1) is 4.90 Å². The number of piperazine rings is 1. The molecule has 0 bridgehead atoms. The van der Waals surface area contributed by atoms with Crippen molar-refractivity contribution in [3.05, 3.63) is 23.8 Å². The van der Waals surface area contributed by atoms with Crippen molar-refractivity contribution in [1.82, 2.24) is 14.1 Å². The Kier molecular flexibility index (Phi) is 5.39. The lowest BCUT2D eigenvalue weighted by atomic mass is 10.1. The Morgan fingerprint density at radius 1 is 1.00 bits per heavy atom. The summed E-state index contributed by atoms with van der Waals surface area (Å²) in [6, 6.07) is 4.29. The maximum Gasteiger partial charge on any atom is 0.246 e. The van der Waals surface area contributed by atoms with E-state index in [0.29, 0.717) is 38.3 Å². The maximum absolute atomic E-state index is 13.2. The van der Waals surface area contributed by atoms with E-state index in [0.717, 1.165) is 31.5 Å². The van der Waals surface area contributed by atoms with Crippen LogP contribution in [0.1, 0.15) is 25.3 Å². The van der Waals surface area contributed by atoms with Crippen LogP contribution in [0.25, 0.3) is 0 Å². The van der Waals surface area contributed by atoms with E-state index in [1.165, 1.54) is 16.1 Å². The van der Waals surface area contributed by atoms with Gasteiger partial charge >= 0.3 is 0 Å². The minimum absolute atomic E-state index is 0.0616. The number of benzene rings is 1. The number of hydrogen-bond acceptors (Lipinski definition) is 5. The first kappa shape index (κ1) is 20.3. The van der Waals surface area contributed by atoms with E-state index in [9.17, 15) is 18.0 Å². The molecule has 0 aromatic heterocycles. The van der Waals surface area contributed by atoms with Gasteiger partial charge in [0, 0.05) is 58.3 Å². The minimum atomic E-state index is -3.53. The fourth-order valence-electron chi connectivity index (χ4n) is 4.49. The Morgan fingerprint density at radius 3 is 2.28 bits per heavy atom. The number of fused-ring (bicyclic) bond motifs is 1. The van der Waals surface area contributed by atoms with Gasteiger partial charge in [-0.3, -0.25) is 14.5 Å². The predicted molar refractivity (Wildman–Crippen MR) is 109 cm³/mol. The van der Waals surface area contributed by atoms with E-state index in [4.69, 9.17) is 0 Å². The Morgan fingerprint density at radius 2 is 1.66 bits per heavy atom. The van der Waals surface area contributed by atoms with Crippen LogP contribution in [0.2, 0.25) is 0 Å². The molecule has 2 fully saturated rings. The van der Waals surface area contributed by atoms with Crippen molar-refractivity contribution < 1.29 is 18.0 Å². The average Bonchev–Trinajstić information content (AvgIpc) is 3.35. The van der Waals surface area contributed by atoms with Gasteiger partial charge in [0.1, 0.15) is 6.04 Å². The molecule has 2 saturated heterocycles. The van der Waals surface area contributed by atoms with E-state index in [1.807, 2.05) is 11.9 Å². The van der Waals surface area contributed by atoms with Crippen LogP contribution in [-0.4, -0.2) is 86.7 Å². The number of hydrogen-bond donors (Lipinski definition) is 0. The van der Waals surface area contributed by atoms with E-state index in [-0.39, 0.29) is 16.7 Å². The van der Waals surface area contributed by atoms with Crippen molar-refractivity contribution in [2.45, 2.75) is 37.1 Å². The second kappa shape index (κ2) is 7.70. The zero-order valence-electron chi connectivity index (χ0n) is 17.0. The molecule has 29 heavy (non-hydrogen) atoms. The Bertz CT molecular complexity index is 918. The molecular weight excluding hydrogens is 392 g/mol. The SMILES string of the molecule is CC(=O)N1c2ccc(S(=O)(=O)N3CCCC3)cc2C[C@H]1C(=O)N1CCN(C)CC1. The summed E-state index contributed by atoms with van der Waals surface area (Å²) >= 11 is 0. The van der Waals surface area contributed by atoms with Gasteiger partial charge in [-0.15, -0.1) is 0 Å². The number of anilines is 1. The van der Waals surface area contributed by atoms with Crippen molar-refractivity contribution in [2.24, 2.45) is 0 Å². The molecule has 0 radical (unpaired) electrons. The van der Waals surface area contributed by atoms with Crippen molar-refractivity contribution in [3.8, 4) is 0 Å². The lowest BCUT2D eigenvalue weighted by Gasteiger charge is -2.35. The van der Waals surface area contributed by atoms with Crippen LogP contribution < -0.4 is 4.90 Å². The normalized spacial score (nSPS) is 23.4. The van der Waals surface area contributed by atoms with E-state index >= 15 is 0 Å². The summed E-state index contributed by atoms with van der Waals surface area (Å²) in [6.45, 7) is 5.44. The van der Waals surface area contributed by atoms with Crippen molar-refractivity contribution in [1.29, 1.82) is 0 Å². The molecule has 9 heteroatoms. The van der Waals surface area contributed by atoms with Gasteiger partial charge < -0.3 is 9.80 Å². The second-order valence-electron chi connectivity index (χ2n) is 8.14. The largest absolute Gasteiger partial charge is 0.338 e. The van der Waals surface area contributed by atoms with Crippen LogP contribution >= 0.6 is 0 Å². The second-order valence-corrected chi connectivity index (χ2v) is 10.1. The van der Waals surface area contributed by atoms with Crippen molar-refractivity contribution in [3.63, 3.8) is 0 Å². The molecule has 0 unspecified atom stereocenters. The third-order valence-corrected chi connectivity index (χ3v) is 8.07. The molecule has 3 aliphatic rings. The molecule has 0 spiro atoms. The van der Waals surface area contributed by atoms with Crippen LogP contribution in [-0.2, 0) is 26.0 Å². The van der Waals surface area contributed by atoms with Crippen LogP contribution in [0.4, 0.5) is 5.69 Å². The molecular formula is C20H28N4O4S. The predicted octanol–water partition coefficient (Wildman–Crippen LogP) is 0.523. The summed E-state index contributed by atoms with van der Waals surface area (Å²) < 4.78 is 27.3. The molecule has 3 heterocycles. The fraction of sp³-hybridized carbons (Fsp3) is 0.600. The zero-order chi connectivity index (χ0) is 20.8. The number of amides is 2. The van der Waals surface area contributed by atoms with Crippen LogP contribution in [0.3, 0.4) is 0 Å². The summed E-state index contributed by atoms with van der Waals surface area (Å²) in [5, 5.41) is 0. The van der Waals surface area contributed by atoms with Crippen LogP contribution in [0.5, 0.6) is 0 Å². The van der Waals surface area contributed by atoms with Gasteiger partial charge in [-0.25, -0.2) is 8.42 Å². The molecule has 1 atom stereocenters. The smallest absolute Gasteiger partial charge is 0.246 e. The molecule has 0 saturated carbocycles. The number of rotatable bonds is 3. The first-order valence-corrected chi connectivity index (χ1v) is 11.6. The fourth-order valence-corrected chi connectivity index (χ4v) is 6.06. The minimum Gasteiger partial charge on any atom is -0.338 e. The van der Waals surface area contributed by atoms with Crippen LogP contribution in [0.15, 0.2) is 23.1 Å². The van der Waals surface area contributed by atoms with Gasteiger partial charge in [0.25, 0.3) is 0 Å². The molecule has 2 amide bonds. The van der Waals surface area contributed by atoms with E-state index < -0.39 is 16.1 Å². The summed E-state index contributed by atoms with van der Waals surface area (Å²) in [7, 11) is -1.51. The Hall–Kier alpha value is -1.97. The van der Waals surface area contributed by atoms with Gasteiger partial charge in [-0.05, 0) is 43.7 Å². The van der Waals surface area contributed by atoms with Crippen molar-refractivity contribution >= 4 is 27.5 Å². The van der Waals surface area contributed by atoms with Gasteiger partial charge in [0.2, 0.25) is 21.8 Å². The third-order valence-electron chi connectivity index (χ3n) is 6.18. The number of sulfonamides is 1. The lowest BCUT2D eigenvalue weighted by Crippen LogP contribution is -2.54. The summed E-state index contributed by atoms with van der Waals surface area (Å²) in [6.07, 6.45) is 2.11. The highest BCUT2D eigenvalue weighted by atomic mass is 32.2. The van der Waals surface area contributed by atoms with Crippen LogP contribution in [0, 0.1) is 0 Å². The highest BCUT2D eigenvalue weighted by Crippen LogP contribution is 2.36. The van der Waals surface area contributed by atoms with Gasteiger partial charge in [0.15, 0.2) is 0 Å². The summed E-state index contributed by atoms with van der Waals surface area (Å²) in [5.41, 5.74) is 1.39. The highest BCUT2D eigenvalue weighted by Gasteiger charge is 2.40. The van der Waals surface area contributed by atoms with E-state index in [2.05, 4.69) is 4.90 Å². The number of carbonyl (C=O) groups excluding carboxylic acids is 2. The quantitative estimate of drug-likeness (QED) is 0.712. The molecule has 3 aliphatic heterocycles. The number of nitrogens with zero attached hydrogens (tertiary/aromatic N) is 4. The lowest BCUT2D eigenvalue weighted by molar-refractivity contribution is -0.135. The summed E-state index contributed by atoms with van der Waals surface area (Å²) in [4.78, 5) is 31.3. The zero-order valence-corrected chi connectivity index (χ0v) is 17.8. The van der Waals surface area contributed by atoms with Gasteiger partial charge in [-0.1, -0.05) is 0 Å². The topological polar surface area (TPSA) is 81.2 Å². The highest BCUT2D eigenvalue weighted by molar-refractivity contribution is 7.89. The third kappa shape index (κ3) is 3.67. The molecule has 0 N–H and O–H groups in total. The first-order valence-electron chi connectivity index (χ1n) is 10.2. The number of carbonyl (C=O) groups is 2. The standard InChI is InChI=1S/C20H28N4O4S/c1-15(25)24-18-6-5-17(29(27,28)23-7-3-4-8-23)13-16(18)14-19(24)20(26)22-11-9-21(2)10-12-22/h5-6,13,19H,3-4,7-12,14H2,1-2H3/t19-/m0/s1. The molecule has 1 aromatic carbocycles. The molecule has 158 valence electrons. The monoisotopic (exact) mass is 420 g/mol. The van der Waals surface area contributed by atoms with Crippen molar-refractivity contribution in [2.75, 3.05) is 51.2 Å². The molecule has 4 rings (SSSR count). The molecule has 1 aromatic rings.